The number of nitrogens with zero attached hydrogens (tertiary/aromatic N) is 3. The van der Waals surface area contributed by atoms with E-state index in [9.17, 15) is 0 Å². The van der Waals surface area contributed by atoms with Gasteiger partial charge < -0.3 is 4.42 Å². The van der Waals surface area contributed by atoms with E-state index in [4.69, 9.17) is 4.42 Å². The van der Waals surface area contributed by atoms with Gasteiger partial charge in [-0.15, -0.1) is 22.0 Å². The third-order valence-electron chi connectivity index (χ3n) is 1.88. The Bertz CT molecular complexity index is 482. The second kappa shape index (κ2) is 24.7. The molecule has 0 saturated carbocycles. The fourth-order valence-electron chi connectivity index (χ4n) is 1.13. The summed E-state index contributed by atoms with van der Waals surface area (Å²) in [6.07, 6.45) is 0. The summed E-state index contributed by atoms with van der Waals surface area (Å²) in [4.78, 5) is 4.20. The maximum Gasteiger partial charge on any atom is 0.263 e. The first-order valence-electron chi connectivity index (χ1n) is 5.60. The van der Waals surface area contributed by atoms with Gasteiger partial charge in [0.15, 0.2) is 0 Å². The van der Waals surface area contributed by atoms with E-state index in [2.05, 4.69) is 22.1 Å². The number of hydrogen-bond acceptors (Lipinski definition) is 4. The van der Waals surface area contributed by atoms with Crippen LogP contribution in [0.1, 0.15) is 39.3 Å². The van der Waals surface area contributed by atoms with Crippen molar-refractivity contribution in [3.63, 3.8) is 0 Å². The molecule has 0 unspecified atom stereocenters. The third-order valence-corrected chi connectivity index (χ3v) is 1.88. The van der Waals surface area contributed by atoms with Crippen LogP contribution in [0.4, 0.5) is 0 Å². The zero-order valence-corrected chi connectivity index (χ0v) is 31.2. The Hall–Kier alpha value is 4.65. The van der Waals surface area contributed by atoms with Crippen LogP contribution in [0.25, 0.3) is 11.6 Å². The molecule has 4 nitrogen and oxygen atoms in total. The molecule has 2 aromatic heterocycles. The molecule has 0 amide bonds. The van der Waals surface area contributed by atoms with E-state index in [1.165, 1.54) is 0 Å². The molecule has 0 aliphatic rings. The predicted molar refractivity (Wildman–Crippen MR) is 67.0 cm³/mol. The number of pyridine rings is 1. The molecule has 23 heavy (non-hydrogen) atoms. The van der Waals surface area contributed by atoms with Gasteiger partial charge in [-0.05, 0) is 6.07 Å². The molecule has 0 atom stereocenters. The van der Waals surface area contributed by atoms with Crippen LogP contribution in [-0.2, 0) is 196 Å². The normalized spacial score (nSPS) is 6.96. The van der Waals surface area contributed by atoms with Crippen molar-refractivity contribution in [2.45, 2.75) is 27.7 Å². The Balaban J connectivity index is -0.0000000870. The number of hydrogen-bond donors (Lipinski definition) is 0. The minimum Gasteiger partial charge on any atom is -0.451 e. The topological polar surface area (TPSA) is 51.8 Å². The summed E-state index contributed by atoms with van der Waals surface area (Å²) in [6.45, 7) is 11.6. The van der Waals surface area contributed by atoms with E-state index in [1.54, 1.807) is 0 Å². The van der Waals surface area contributed by atoms with Crippen LogP contribution in [0.5, 0.6) is 0 Å². The maximum absolute atomic E-state index is 5.44. The standard InChI is InChI=1S/C11H11N3O.C2H6.6Y/c1-7(2)10-13-14-11(15-10)9-6-4-5-8(3)12-9;1-2;;;;;;/h4-6H,3H2,1-2H3;1-2H3;;;;;;/q-2;;;;;;;. The van der Waals surface area contributed by atoms with Crippen LogP contribution in [0.15, 0.2) is 22.6 Å². The fraction of sp³-hybridized carbons (Fsp3) is 0.308. The first kappa shape index (κ1) is 41.9. The Labute approximate surface area is 290 Å². The summed E-state index contributed by atoms with van der Waals surface area (Å²) in [7, 11) is 0. The third kappa shape index (κ3) is 16.2. The van der Waals surface area contributed by atoms with Crippen molar-refractivity contribution in [1.29, 1.82) is 0 Å². The van der Waals surface area contributed by atoms with Crippen molar-refractivity contribution >= 4 is 0 Å². The van der Waals surface area contributed by atoms with Gasteiger partial charge in [-0.2, -0.15) is 19.9 Å². The van der Waals surface area contributed by atoms with Gasteiger partial charge in [0.2, 0.25) is 0 Å². The van der Waals surface area contributed by atoms with Crippen LogP contribution in [-0.4, -0.2) is 15.2 Å². The molecule has 2 aromatic rings. The Morgan fingerprint density at radius 1 is 0.913 bits per heavy atom. The summed E-state index contributed by atoms with van der Waals surface area (Å²) in [5.41, 5.74) is 1.34. The van der Waals surface area contributed by atoms with Crippen molar-refractivity contribution < 1.29 is 201 Å². The summed E-state index contributed by atoms with van der Waals surface area (Å²) < 4.78 is 5.44. The molecule has 0 aromatic carbocycles. The van der Waals surface area contributed by atoms with Crippen LogP contribution in [0, 0.1) is 12.8 Å². The Morgan fingerprint density at radius 3 is 1.83 bits per heavy atom. The van der Waals surface area contributed by atoms with Gasteiger partial charge in [-0.3, -0.25) is 10.9 Å². The zero-order valence-electron chi connectivity index (χ0n) is 14.2. The Kier molecular flexibility index (Phi) is 45.0. The molecule has 0 spiro atoms. The van der Waals surface area contributed by atoms with Crippen LogP contribution in [0.3, 0.4) is 0 Å². The SMILES string of the molecule is CC.[CH2-]c1cccc(-c2nnc([C-](C)C)o2)n1.[Y].[Y].[Y].[Y].[Y].[Y]. The van der Waals surface area contributed by atoms with Gasteiger partial charge in [0.25, 0.3) is 5.89 Å². The van der Waals surface area contributed by atoms with Crippen LogP contribution >= 0.6 is 0 Å². The summed E-state index contributed by atoms with van der Waals surface area (Å²) >= 11 is 0. The molecule has 2 rings (SSSR count). The summed E-state index contributed by atoms with van der Waals surface area (Å²) in [6, 6.07) is 5.49. The van der Waals surface area contributed by atoms with E-state index in [-0.39, 0.29) is 196 Å². The molecule has 2 heterocycles. The summed E-state index contributed by atoms with van der Waals surface area (Å²) in [5, 5.41) is 7.83. The van der Waals surface area contributed by atoms with Gasteiger partial charge in [0.05, 0.1) is 5.89 Å². The van der Waals surface area contributed by atoms with E-state index < -0.39 is 0 Å². The fourth-order valence-corrected chi connectivity index (χ4v) is 1.13. The second-order valence-electron chi connectivity index (χ2n) is 3.43. The van der Waals surface area contributed by atoms with Crippen molar-refractivity contribution in [2.24, 2.45) is 0 Å². The molecule has 0 aliphatic carbocycles. The van der Waals surface area contributed by atoms with E-state index in [1.807, 2.05) is 45.9 Å². The second-order valence-corrected chi connectivity index (χ2v) is 3.43. The van der Waals surface area contributed by atoms with Gasteiger partial charge in [-0.1, -0.05) is 13.8 Å². The Morgan fingerprint density at radius 2 is 1.43 bits per heavy atom. The van der Waals surface area contributed by atoms with E-state index in [0.29, 0.717) is 23.2 Å². The number of rotatable bonds is 2. The average Bonchev–Trinajstić information content (AvgIpc) is 2.81. The zero-order chi connectivity index (χ0) is 12.8. The van der Waals surface area contributed by atoms with Crippen LogP contribution < -0.4 is 0 Å². The molecule has 0 saturated heterocycles. The molecule has 0 bridgehead atoms. The van der Waals surface area contributed by atoms with Crippen molar-refractivity contribution in [1.82, 2.24) is 15.2 Å². The molecular weight excluding hydrogens is 748 g/mol. The van der Waals surface area contributed by atoms with E-state index >= 15 is 0 Å². The molecule has 110 valence electrons. The van der Waals surface area contributed by atoms with Gasteiger partial charge in [0, 0.05) is 196 Å². The molecule has 0 fully saturated rings. The van der Waals surface area contributed by atoms with Crippen LogP contribution in [0.2, 0.25) is 0 Å². The van der Waals surface area contributed by atoms with Gasteiger partial charge >= 0.3 is 0 Å². The number of aromatic nitrogens is 3. The first-order valence-corrected chi connectivity index (χ1v) is 5.60. The minimum atomic E-state index is 0. The molecule has 0 N–H and O–H groups in total. The van der Waals surface area contributed by atoms with Gasteiger partial charge in [-0.25, -0.2) is 6.92 Å². The monoisotopic (exact) mass is 765 g/mol. The first-order chi connectivity index (χ1) is 8.16. The largest absolute Gasteiger partial charge is 0.451 e. The van der Waals surface area contributed by atoms with E-state index in [0.717, 1.165) is 5.92 Å². The minimum absolute atomic E-state index is 0. The molecule has 0 aliphatic heterocycles. The molecule has 10 heteroatoms. The quantitative estimate of drug-likeness (QED) is 0.442. The maximum atomic E-state index is 5.44. The van der Waals surface area contributed by atoms with Gasteiger partial charge in [0.1, 0.15) is 5.69 Å². The van der Waals surface area contributed by atoms with Crippen molar-refractivity contribution in [3.05, 3.63) is 42.6 Å². The molecular formula is C13H17N3OY6-2. The molecule has 6 radical (unpaired) electrons. The van der Waals surface area contributed by atoms with Crippen molar-refractivity contribution in [2.75, 3.05) is 0 Å². The average molecular weight is 765 g/mol. The summed E-state index contributed by atoms with van der Waals surface area (Å²) in [5.74, 6) is 1.96. The van der Waals surface area contributed by atoms with Crippen molar-refractivity contribution in [3.8, 4) is 11.6 Å². The smallest absolute Gasteiger partial charge is 0.263 e. The predicted octanol–water partition coefficient (Wildman–Crippen LogP) is 3.29.